The monoisotopic (exact) mass is 241 g/mol. The minimum absolute atomic E-state index is 0.607. The number of thioether (sulfide) groups is 1. The first-order valence-electron chi connectivity index (χ1n) is 5.96. The van der Waals surface area contributed by atoms with Crippen LogP contribution >= 0.6 is 11.8 Å². The van der Waals surface area contributed by atoms with E-state index in [-0.39, 0.29) is 0 Å². The Kier molecular flexibility index (Phi) is 5.91. The Hall–Kier alpha value is -0.480. The van der Waals surface area contributed by atoms with Crippen molar-refractivity contribution in [2.24, 2.45) is 0 Å². The summed E-state index contributed by atoms with van der Waals surface area (Å²) in [5, 5.41) is 8.04. The smallest absolute Gasteiger partial charge is 0.0597 e. The molecule has 0 aliphatic carbocycles. The molecule has 0 bridgehead atoms. The van der Waals surface area contributed by atoms with Gasteiger partial charge in [-0.3, -0.25) is 4.68 Å². The van der Waals surface area contributed by atoms with E-state index in [1.54, 1.807) is 0 Å². The molecule has 4 heteroatoms. The maximum Gasteiger partial charge on any atom is 0.0597 e. The normalized spacial score (nSPS) is 13.0. The fourth-order valence-corrected chi connectivity index (χ4v) is 2.54. The second kappa shape index (κ2) is 6.97. The SMILES string of the molecule is CCC(CSC)NCc1cc(C)nn1CC. The Labute approximate surface area is 103 Å². The molecule has 1 rings (SSSR count). The van der Waals surface area contributed by atoms with Crippen LogP contribution in [0.1, 0.15) is 31.7 Å². The molecule has 3 nitrogen and oxygen atoms in total. The van der Waals surface area contributed by atoms with Crippen molar-refractivity contribution in [1.29, 1.82) is 0 Å². The van der Waals surface area contributed by atoms with E-state index < -0.39 is 0 Å². The van der Waals surface area contributed by atoms with Crippen LogP contribution in [0.3, 0.4) is 0 Å². The summed E-state index contributed by atoms with van der Waals surface area (Å²) in [6, 6.07) is 2.78. The maximum absolute atomic E-state index is 4.45. The molecule has 1 aromatic heterocycles. The molecule has 0 saturated heterocycles. The second-order valence-corrected chi connectivity index (χ2v) is 4.94. The fraction of sp³-hybridized carbons (Fsp3) is 0.750. The van der Waals surface area contributed by atoms with E-state index in [1.165, 1.54) is 17.9 Å². The second-order valence-electron chi connectivity index (χ2n) is 4.03. The van der Waals surface area contributed by atoms with Crippen molar-refractivity contribution in [3.63, 3.8) is 0 Å². The van der Waals surface area contributed by atoms with Gasteiger partial charge in [-0.05, 0) is 32.6 Å². The van der Waals surface area contributed by atoms with Gasteiger partial charge < -0.3 is 5.32 Å². The lowest BCUT2D eigenvalue weighted by molar-refractivity contribution is 0.511. The van der Waals surface area contributed by atoms with Crippen LogP contribution < -0.4 is 5.32 Å². The Balaban J connectivity index is 2.52. The number of nitrogens with one attached hydrogen (secondary N) is 1. The Morgan fingerprint density at radius 2 is 2.25 bits per heavy atom. The van der Waals surface area contributed by atoms with Crippen LogP contribution in [-0.2, 0) is 13.1 Å². The standard InChI is InChI=1S/C12H23N3S/c1-5-11(9-16-4)13-8-12-7-10(3)14-15(12)6-2/h7,11,13H,5-6,8-9H2,1-4H3. The third kappa shape index (κ3) is 3.83. The molecule has 0 saturated carbocycles. The summed E-state index contributed by atoms with van der Waals surface area (Å²) in [6.45, 7) is 8.29. The van der Waals surface area contributed by atoms with Crippen LogP contribution in [0, 0.1) is 6.92 Å². The van der Waals surface area contributed by atoms with Crippen molar-refractivity contribution < 1.29 is 0 Å². The van der Waals surface area contributed by atoms with Crippen molar-refractivity contribution in [3.05, 3.63) is 17.5 Å². The van der Waals surface area contributed by atoms with Crippen molar-refractivity contribution in [3.8, 4) is 0 Å². The molecule has 1 atom stereocenters. The van der Waals surface area contributed by atoms with Crippen molar-refractivity contribution in [2.45, 2.75) is 46.3 Å². The molecular formula is C12H23N3S. The van der Waals surface area contributed by atoms with Gasteiger partial charge in [-0.15, -0.1) is 0 Å². The van der Waals surface area contributed by atoms with E-state index in [1.807, 2.05) is 11.8 Å². The van der Waals surface area contributed by atoms with Crippen LogP contribution in [0.25, 0.3) is 0 Å². The van der Waals surface area contributed by atoms with E-state index in [0.717, 1.165) is 18.8 Å². The highest BCUT2D eigenvalue weighted by atomic mass is 32.2. The molecule has 1 N–H and O–H groups in total. The predicted molar refractivity (Wildman–Crippen MR) is 71.9 cm³/mol. The maximum atomic E-state index is 4.45. The van der Waals surface area contributed by atoms with Gasteiger partial charge in [-0.1, -0.05) is 6.92 Å². The first-order chi connectivity index (χ1) is 7.71. The lowest BCUT2D eigenvalue weighted by Gasteiger charge is -2.15. The van der Waals surface area contributed by atoms with Gasteiger partial charge in [0, 0.05) is 24.9 Å². The van der Waals surface area contributed by atoms with Crippen molar-refractivity contribution >= 4 is 11.8 Å². The summed E-state index contributed by atoms with van der Waals surface area (Å²) in [5.74, 6) is 1.18. The van der Waals surface area contributed by atoms with Gasteiger partial charge in [0.2, 0.25) is 0 Å². The summed E-state index contributed by atoms with van der Waals surface area (Å²) < 4.78 is 2.08. The minimum atomic E-state index is 0.607. The molecule has 0 spiro atoms. The van der Waals surface area contributed by atoms with Crippen LogP contribution in [0.5, 0.6) is 0 Å². The number of rotatable bonds is 7. The summed E-state index contributed by atoms with van der Waals surface area (Å²) in [5.41, 5.74) is 2.40. The lowest BCUT2D eigenvalue weighted by atomic mass is 10.2. The molecule has 0 aliphatic rings. The predicted octanol–water partition coefficient (Wildman–Crippen LogP) is 2.44. The number of hydrogen-bond donors (Lipinski definition) is 1. The van der Waals surface area contributed by atoms with Gasteiger partial charge >= 0.3 is 0 Å². The van der Waals surface area contributed by atoms with Crippen LogP contribution in [0.15, 0.2) is 6.07 Å². The number of aryl methyl sites for hydroxylation is 2. The molecule has 0 fully saturated rings. The van der Waals surface area contributed by atoms with Gasteiger partial charge in [0.25, 0.3) is 0 Å². The lowest BCUT2D eigenvalue weighted by Crippen LogP contribution is -2.30. The van der Waals surface area contributed by atoms with Crippen LogP contribution in [0.2, 0.25) is 0 Å². The van der Waals surface area contributed by atoms with Gasteiger partial charge in [0.15, 0.2) is 0 Å². The largest absolute Gasteiger partial charge is 0.308 e. The van der Waals surface area contributed by atoms with E-state index in [9.17, 15) is 0 Å². The molecule has 92 valence electrons. The molecule has 1 unspecified atom stereocenters. The average Bonchev–Trinajstić information content (AvgIpc) is 2.65. The zero-order valence-corrected chi connectivity index (χ0v) is 11.6. The molecule has 0 aliphatic heterocycles. The first-order valence-corrected chi connectivity index (χ1v) is 7.36. The zero-order chi connectivity index (χ0) is 12.0. The quantitative estimate of drug-likeness (QED) is 0.795. The van der Waals surface area contributed by atoms with Crippen LogP contribution in [-0.4, -0.2) is 27.8 Å². The average molecular weight is 241 g/mol. The third-order valence-corrected chi connectivity index (χ3v) is 3.45. The molecule has 16 heavy (non-hydrogen) atoms. The van der Waals surface area contributed by atoms with Crippen molar-refractivity contribution in [1.82, 2.24) is 15.1 Å². The van der Waals surface area contributed by atoms with Crippen molar-refractivity contribution in [2.75, 3.05) is 12.0 Å². The third-order valence-electron chi connectivity index (χ3n) is 2.72. The van der Waals surface area contributed by atoms with Gasteiger partial charge in [0.1, 0.15) is 0 Å². The van der Waals surface area contributed by atoms with E-state index in [2.05, 4.69) is 48.2 Å². The summed E-state index contributed by atoms with van der Waals surface area (Å²) in [4.78, 5) is 0. The summed E-state index contributed by atoms with van der Waals surface area (Å²) in [6.07, 6.45) is 3.34. The summed E-state index contributed by atoms with van der Waals surface area (Å²) >= 11 is 1.90. The molecule has 0 amide bonds. The highest BCUT2D eigenvalue weighted by Crippen LogP contribution is 2.06. The molecule has 1 aromatic rings. The molecule has 0 radical (unpaired) electrons. The van der Waals surface area contributed by atoms with E-state index >= 15 is 0 Å². The van der Waals surface area contributed by atoms with Gasteiger partial charge in [-0.2, -0.15) is 16.9 Å². The highest BCUT2D eigenvalue weighted by molar-refractivity contribution is 7.98. The Morgan fingerprint density at radius 3 is 2.81 bits per heavy atom. The number of aromatic nitrogens is 2. The minimum Gasteiger partial charge on any atom is -0.308 e. The van der Waals surface area contributed by atoms with Gasteiger partial charge in [0.05, 0.1) is 11.4 Å². The summed E-state index contributed by atoms with van der Waals surface area (Å²) in [7, 11) is 0. The first kappa shape index (κ1) is 13.6. The zero-order valence-electron chi connectivity index (χ0n) is 10.8. The van der Waals surface area contributed by atoms with E-state index in [4.69, 9.17) is 0 Å². The van der Waals surface area contributed by atoms with Crippen LogP contribution in [0.4, 0.5) is 0 Å². The molecule has 0 aromatic carbocycles. The molecule has 1 heterocycles. The fourth-order valence-electron chi connectivity index (χ4n) is 1.79. The highest BCUT2D eigenvalue weighted by Gasteiger charge is 2.07. The Morgan fingerprint density at radius 1 is 1.50 bits per heavy atom. The van der Waals surface area contributed by atoms with Gasteiger partial charge in [-0.25, -0.2) is 0 Å². The van der Waals surface area contributed by atoms with E-state index in [0.29, 0.717) is 6.04 Å². The number of hydrogen-bond acceptors (Lipinski definition) is 3. The Bertz CT molecular complexity index is 309. The topological polar surface area (TPSA) is 29.9 Å². The molecular weight excluding hydrogens is 218 g/mol. The number of nitrogens with zero attached hydrogens (tertiary/aromatic N) is 2.